The summed E-state index contributed by atoms with van der Waals surface area (Å²) < 4.78 is 5.80. The average Bonchev–Trinajstić information content (AvgIpc) is 3.25. The molecule has 2 unspecified atom stereocenters. The Labute approximate surface area is 146 Å². The summed E-state index contributed by atoms with van der Waals surface area (Å²) in [7, 11) is 0. The predicted molar refractivity (Wildman–Crippen MR) is 94.5 cm³/mol. The van der Waals surface area contributed by atoms with Crippen molar-refractivity contribution in [1.29, 1.82) is 0 Å². The monoisotopic (exact) mass is 343 g/mol. The molecule has 0 spiro atoms. The van der Waals surface area contributed by atoms with E-state index in [1.807, 2.05) is 10.3 Å². The van der Waals surface area contributed by atoms with Crippen molar-refractivity contribution in [3.63, 3.8) is 0 Å². The molecule has 0 saturated carbocycles. The van der Waals surface area contributed by atoms with Gasteiger partial charge in [0.2, 0.25) is 0 Å². The number of Topliss-reactive ketones (excluding diaryl/α,β-unsaturated/α-hetero) is 1. The zero-order valence-electron chi connectivity index (χ0n) is 13.9. The normalized spacial score (nSPS) is 18.4. The van der Waals surface area contributed by atoms with E-state index in [1.54, 1.807) is 42.5 Å². The van der Waals surface area contributed by atoms with Crippen molar-refractivity contribution in [2.75, 3.05) is 6.54 Å². The van der Waals surface area contributed by atoms with Crippen molar-refractivity contribution in [3.05, 3.63) is 52.2 Å². The third-order valence-electron chi connectivity index (χ3n) is 4.37. The lowest BCUT2D eigenvalue weighted by molar-refractivity contribution is -0.138. The summed E-state index contributed by atoms with van der Waals surface area (Å²) in [6.45, 7) is 4.05. The first kappa shape index (κ1) is 16.7. The predicted octanol–water partition coefficient (Wildman–Crippen LogP) is 4.08. The lowest BCUT2D eigenvalue weighted by Crippen LogP contribution is -2.40. The van der Waals surface area contributed by atoms with E-state index in [4.69, 9.17) is 4.74 Å². The molecule has 1 aromatic carbocycles. The molecule has 1 aliphatic heterocycles. The van der Waals surface area contributed by atoms with Gasteiger partial charge in [0.15, 0.2) is 11.9 Å². The van der Waals surface area contributed by atoms with Crippen LogP contribution in [0.2, 0.25) is 0 Å². The first-order valence-electron chi connectivity index (χ1n) is 8.16. The highest BCUT2D eigenvalue weighted by atomic mass is 32.1. The minimum atomic E-state index is -0.577. The Bertz CT molecular complexity index is 726. The highest BCUT2D eigenvalue weighted by Crippen LogP contribution is 2.33. The SMILES string of the molecule is CC(=O)c1cccc(OC(C)C(=O)N2CCCC2c2ccsc2)c1. The number of rotatable bonds is 5. The molecular weight excluding hydrogens is 322 g/mol. The third kappa shape index (κ3) is 3.51. The fourth-order valence-electron chi connectivity index (χ4n) is 3.12. The second-order valence-corrected chi connectivity index (χ2v) is 6.87. The van der Waals surface area contributed by atoms with Crippen LogP contribution in [-0.4, -0.2) is 29.2 Å². The molecule has 1 amide bonds. The van der Waals surface area contributed by atoms with Gasteiger partial charge in [0.05, 0.1) is 6.04 Å². The number of amides is 1. The quantitative estimate of drug-likeness (QED) is 0.769. The Morgan fingerprint density at radius 2 is 2.17 bits per heavy atom. The van der Waals surface area contributed by atoms with Crippen LogP contribution in [0.3, 0.4) is 0 Å². The lowest BCUT2D eigenvalue weighted by atomic mass is 10.1. The van der Waals surface area contributed by atoms with Gasteiger partial charge in [0.25, 0.3) is 5.91 Å². The summed E-state index contributed by atoms with van der Waals surface area (Å²) in [5, 5.41) is 4.15. The molecule has 2 heterocycles. The van der Waals surface area contributed by atoms with Gasteiger partial charge < -0.3 is 9.64 Å². The fourth-order valence-corrected chi connectivity index (χ4v) is 3.83. The smallest absolute Gasteiger partial charge is 0.263 e. The molecule has 3 rings (SSSR count). The minimum Gasteiger partial charge on any atom is -0.481 e. The van der Waals surface area contributed by atoms with Gasteiger partial charge in [-0.25, -0.2) is 0 Å². The average molecular weight is 343 g/mol. The van der Waals surface area contributed by atoms with E-state index >= 15 is 0 Å². The largest absolute Gasteiger partial charge is 0.481 e. The van der Waals surface area contributed by atoms with Crippen molar-refractivity contribution >= 4 is 23.0 Å². The van der Waals surface area contributed by atoms with Gasteiger partial charge in [-0.15, -0.1) is 0 Å². The second-order valence-electron chi connectivity index (χ2n) is 6.09. The van der Waals surface area contributed by atoms with Crippen LogP contribution in [0.15, 0.2) is 41.1 Å². The molecule has 0 N–H and O–H groups in total. The van der Waals surface area contributed by atoms with Gasteiger partial charge in [-0.2, -0.15) is 11.3 Å². The maximum atomic E-state index is 12.8. The summed E-state index contributed by atoms with van der Waals surface area (Å²) in [6, 6.07) is 9.21. The molecule has 24 heavy (non-hydrogen) atoms. The Hall–Kier alpha value is -2.14. The van der Waals surface area contributed by atoms with Crippen LogP contribution in [0.1, 0.15) is 48.7 Å². The molecule has 1 aliphatic rings. The molecule has 1 saturated heterocycles. The summed E-state index contributed by atoms with van der Waals surface area (Å²) in [6.07, 6.45) is 1.43. The summed E-state index contributed by atoms with van der Waals surface area (Å²) in [5.41, 5.74) is 1.79. The maximum Gasteiger partial charge on any atom is 0.263 e. The number of benzene rings is 1. The molecule has 2 atom stereocenters. The zero-order chi connectivity index (χ0) is 17.1. The van der Waals surface area contributed by atoms with Crippen LogP contribution >= 0.6 is 11.3 Å². The van der Waals surface area contributed by atoms with E-state index in [9.17, 15) is 9.59 Å². The number of ketones is 1. The van der Waals surface area contributed by atoms with E-state index in [0.717, 1.165) is 19.4 Å². The maximum absolute atomic E-state index is 12.8. The van der Waals surface area contributed by atoms with E-state index in [0.29, 0.717) is 11.3 Å². The highest BCUT2D eigenvalue weighted by Gasteiger charge is 2.33. The van der Waals surface area contributed by atoms with Crippen molar-refractivity contribution < 1.29 is 14.3 Å². The number of hydrogen-bond donors (Lipinski definition) is 0. The van der Waals surface area contributed by atoms with Crippen LogP contribution in [-0.2, 0) is 4.79 Å². The molecular formula is C19H21NO3S. The van der Waals surface area contributed by atoms with Crippen LogP contribution < -0.4 is 4.74 Å². The van der Waals surface area contributed by atoms with Crippen LogP contribution in [0.25, 0.3) is 0 Å². The van der Waals surface area contributed by atoms with Gasteiger partial charge in [0.1, 0.15) is 5.75 Å². The van der Waals surface area contributed by atoms with Crippen molar-refractivity contribution in [2.24, 2.45) is 0 Å². The number of ether oxygens (including phenoxy) is 1. The van der Waals surface area contributed by atoms with E-state index in [2.05, 4.69) is 11.4 Å². The molecule has 0 bridgehead atoms. The van der Waals surface area contributed by atoms with Crippen LogP contribution in [0, 0.1) is 0 Å². The van der Waals surface area contributed by atoms with Crippen molar-refractivity contribution in [3.8, 4) is 5.75 Å². The first-order chi connectivity index (χ1) is 11.6. The van der Waals surface area contributed by atoms with E-state index in [1.165, 1.54) is 12.5 Å². The Morgan fingerprint density at radius 1 is 1.33 bits per heavy atom. The number of hydrogen-bond acceptors (Lipinski definition) is 4. The van der Waals surface area contributed by atoms with Crippen molar-refractivity contribution in [2.45, 2.75) is 38.8 Å². The molecule has 1 aromatic heterocycles. The highest BCUT2D eigenvalue weighted by molar-refractivity contribution is 7.08. The molecule has 2 aromatic rings. The van der Waals surface area contributed by atoms with Crippen LogP contribution in [0.5, 0.6) is 5.75 Å². The summed E-state index contributed by atoms with van der Waals surface area (Å²) in [4.78, 5) is 26.2. The van der Waals surface area contributed by atoms with Gasteiger partial charge >= 0.3 is 0 Å². The standard InChI is InChI=1S/C19H21NO3S/c1-13(21)15-5-3-6-17(11-15)23-14(2)19(22)20-9-4-7-18(20)16-8-10-24-12-16/h3,5-6,8,10-12,14,18H,4,7,9H2,1-2H3. The Kier molecular flexibility index (Phi) is 5.00. The number of thiophene rings is 1. The second kappa shape index (κ2) is 7.18. The Balaban J connectivity index is 1.70. The molecule has 126 valence electrons. The Morgan fingerprint density at radius 3 is 2.88 bits per heavy atom. The minimum absolute atomic E-state index is 0.00284. The molecule has 0 aliphatic carbocycles. The summed E-state index contributed by atoms with van der Waals surface area (Å²) in [5.74, 6) is 0.531. The number of carbonyl (C=O) groups is 2. The van der Waals surface area contributed by atoms with Gasteiger partial charge in [-0.3, -0.25) is 9.59 Å². The fraction of sp³-hybridized carbons (Fsp3) is 0.368. The number of likely N-dealkylation sites (tertiary alicyclic amines) is 1. The lowest BCUT2D eigenvalue weighted by Gasteiger charge is -2.27. The van der Waals surface area contributed by atoms with Gasteiger partial charge in [0, 0.05) is 12.1 Å². The molecule has 4 nitrogen and oxygen atoms in total. The molecule has 5 heteroatoms. The van der Waals surface area contributed by atoms with E-state index in [-0.39, 0.29) is 17.7 Å². The molecule has 1 fully saturated rings. The number of nitrogens with zero attached hydrogens (tertiary/aromatic N) is 1. The van der Waals surface area contributed by atoms with E-state index < -0.39 is 6.10 Å². The van der Waals surface area contributed by atoms with Crippen LogP contribution in [0.4, 0.5) is 0 Å². The van der Waals surface area contributed by atoms with Gasteiger partial charge in [-0.05, 0) is 61.2 Å². The summed E-state index contributed by atoms with van der Waals surface area (Å²) >= 11 is 1.65. The number of carbonyl (C=O) groups excluding carboxylic acids is 2. The topological polar surface area (TPSA) is 46.6 Å². The molecule has 0 radical (unpaired) electrons. The zero-order valence-corrected chi connectivity index (χ0v) is 14.7. The van der Waals surface area contributed by atoms with Gasteiger partial charge in [-0.1, -0.05) is 12.1 Å². The first-order valence-corrected chi connectivity index (χ1v) is 9.11. The van der Waals surface area contributed by atoms with Crippen molar-refractivity contribution in [1.82, 2.24) is 4.90 Å². The third-order valence-corrected chi connectivity index (χ3v) is 5.07.